The SMILES string of the molecule is COc1ccc(Cn2nnnc2C(=O)Nc2cc(OCCCOc3ccc(C(C)=O)c(O)c3CCC(F)(F)F)ccc2C)cc1. The molecule has 0 atom stereocenters. The fourth-order valence-electron chi connectivity index (χ4n) is 4.36. The van der Waals surface area contributed by atoms with Crippen LogP contribution in [0.4, 0.5) is 18.9 Å². The number of nitrogens with zero attached hydrogens (tertiary/aromatic N) is 4. The van der Waals surface area contributed by atoms with E-state index in [4.69, 9.17) is 14.2 Å². The van der Waals surface area contributed by atoms with Crippen molar-refractivity contribution in [3.05, 3.63) is 82.7 Å². The Hall–Kier alpha value is -5.14. The minimum atomic E-state index is -4.44. The van der Waals surface area contributed by atoms with E-state index >= 15 is 0 Å². The zero-order chi connectivity index (χ0) is 32.6. The number of anilines is 1. The van der Waals surface area contributed by atoms with Gasteiger partial charge in [-0.2, -0.15) is 13.2 Å². The lowest BCUT2D eigenvalue weighted by Gasteiger charge is -2.16. The molecule has 11 nitrogen and oxygen atoms in total. The summed E-state index contributed by atoms with van der Waals surface area (Å²) in [6.45, 7) is 3.57. The number of Topliss-reactive ketones (excluding diaryl/α,β-unsaturated/α-hetero) is 1. The molecule has 0 saturated heterocycles. The number of phenolic OH excluding ortho intramolecular Hbond substituents is 1. The molecular weight excluding hydrogens is 595 g/mol. The molecule has 238 valence electrons. The van der Waals surface area contributed by atoms with Crippen LogP contribution in [0.5, 0.6) is 23.0 Å². The van der Waals surface area contributed by atoms with Crippen molar-refractivity contribution in [2.24, 2.45) is 0 Å². The van der Waals surface area contributed by atoms with E-state index in [-0.39, 0.29) is 42.5 Å². The van der Waals surface area contributed by atoms with Crippen molar-refractivity contribution in [3.63, 3.8) is 0 Å². The van der Waals surface area contributed by atoms with Crippen LogP contribution in [-0.2, 0) is 13.0 Å². The predicted octanol–water partition coefficient (Wildman–Crippen LogP) is 5.54. The Morgan fingerprint density at radius 3 is 2.40 bits per heavy atom. The zero-order valence-corrected chi connectivity index (χ0v) is 24.8. The summed E-state index contributed by atoms with van der Waals surface area (Å²) in [5, 5.41) is 24.7. The Kier molecular flexibility index (Phi) is 10.6. The van der Waals surface area contributed by atoms with E-state index in [0.717, 1.165) is 11.1 Å². The molecule has 0 radical (unpaired) electrons. The second-order valence-electron chi connectivity index (χ2n) is 10.1. The van der Waals surface area contributed by atoms with E-state index in [1.165, 1.54) is 23.7 Å². The van der Waals surface area contributed by atoms with Gasteiger partial charge in [-0.3, -0.25) is 9.59 Å². The fraction of sp³-hybridized carbons (Fsp3) is 0.323. The first-order valence-corrected chi connectivity index (χ1v) is 13.9. The van der Waals surface area contributed by atoms with E-state index in [0.29, 0.717) is 23.6 Å². The second kappa shape index (κ2) is 14.6. The van der Waals surface area contributed by atoms with Crippen LogP contribution in [0.15, 0.2) is 54.6 Å². The molecule has 0 fully saturated rings. The van der Waals surface area contributed by atoms with Gasteiger partial charge in [-0.25, -0.2) is 4.68 Å². The summed E-state index contributed by atoms with van der Waals surface area (Å²) in [6, 6.07) is 15.1. The van der Waals surface area contributed by atoms with E-state index in [1.807, 2.05) is 19.1 Å². The molecule has 0 unspecified atom stereocenters. The van der Waals surface area contributed by atoms with Crippen LogP contribution in [0.3, 0.4) is 0 Å². The van der Waals surface area contributed by atoms with Crippen molar-refractivity contribution in [1.82, 2.24) is 20.2 Å². The number of benzene rings is 3. The first kappa shape index (κ1) is 32.8. The lowest BCUT2D eigenvalue weighted by molar-refractivity contribution is -0.134. The number of halogens is 3. The Morgan fingerprint density at radius 2 is 1.71 bits per heavy atom. The van der Waals surface area contributed by atoms with Gasteiger partial charge >= 0.3 is 6.18 Å². The quantitative estimate of drug-likeness (QED) is 0.136. The molecule has 14 heteroatoms. The van der Waals surface area contributed by atoms with Crippen LogP contribution in [0.1, 0.15) is 57.4 Å². The van der Waals surface area contributed by atoms with Crippen LogP contribution in [0, 0.1) is 6.92 Å². The third kappa shape index (κ3) is 8.94. The average Bonchev–Trinajstić information content (AvgIpc) is 3.46. The highest BCUT2D eigenvalue weighted by atomic mass is 19.4. The molecular formula is C31H32F3N5O6. The predicted molar refractivity (Wildman–Crippen MR) is 157 cm³/mol. The van der Waals surface area contributed by atoms with Gasteiger partial charge < -0.3 is 24.6 Å². The summed E-state index contributed by atoms with van der Waals surface area (Å²) in [6.07, 6.45) is -5.80. The van der Waals surface area contributed by atoms with E-state index in [9.17, 15) is 27.9 Å². The largest absolute Gasteiger partial charge is 0.507 e. The highest BCUT2D eigenvalue weighted by molar-refractivity contribution is 6.02. The standard InChI is InChI=1S/C31H32F3N5O6/c1-19-5-8-23(17-26(19)35-30(42)29-36-37-38-39(29)18-21-6-9-22(43-3)10-7-21)44-15-4-16-45-27-12-11-24(20(2)40)28(41)25(27)13-14-31(32,33)34/h5-12,17,41H,4,13-16,18H2,1-3H3,(H,35,42). The number of aromatic nitrogens is 4. The molecule has 0 aliphatic carbocycles. The van der Waals surface area contributed by atoms with Crippen LogP contribution in [-0.4, -0.2) is 63.5 Å². The summed E-state index contributed by atoms with van der Waals surface area (Å²) in [7, 11) is 1.57. The van der Waals surface area contributed by atoms with Gasteiger partial charge in [0.15, 0.2) is 5.78 Å². The number of aryl methyl sites for hydroxylation is 1. The molecule has 2 N–H and O–H groups in total. The van der Waals surface area contributed by atoms with Gasteiger partial charge in [-0.05, 0) is 72.2 Å². The molecule has 1 aromatic heterocycles. The number of tetrazole rings is 1. The van der Waals surface area contributed by atoms with E-state index < -0.39 is 36.5 Å². The maximum atomic E-state index is 13.0. The van der Waals surface area contributed by atoms with Gasteiger partial charge in [0, 0.05) is 30.2 Å². The molecule has 0 aliphatic rings. The maximum Gasteiger partial charge on any atom is 0.389 e. The molecule has 4 aromatic rings. The van der Waals surface area contributed by atoms with Crippen LogP contribution in [0.25, 0.3) is 0 Å². The number of hydrogen-bond donors (Lipinski definition) is 2. The number of hydrogen-bond acceptors (Lipinski definition) is 9. The molecule has 45 heavy (non-hydrogen) atoms. The van der Waals surface area contributed by atoms with Crippen LogP contribution < -0.4 is 19.5 Å². The van der Waals surface area contributed by atoms with Crippen molar-refractivity contribution in [1.29, 1.82) is 0 Å². The highest BCUT2D eigenvalue weighted by Crippen LogP contribution is 2.35. The van der Waals surface area contributed by atoms with Gasteiger partial charge in [-0.1, -0.05) is 18.2 Å². The van der Waals surface area contributed by atoms with Crippen molar-refractivity contribution in [2.75, 3.05) is 25.6 Å². The van der Waals surface area contributed by atoms with Crippen LogP contribution in [0.2, 0.25) is 0 Å². The Balaban J connectivity index is 1.33. The first-order chi connectivity index (χ1) is 21.4. The monoisotopic (exact) mass is 627 g/mol. The lowest BCUT2D eigenvalue weighted by Crippen LogP contribution is -2.20. The third-order valence-electron chi connectivity index (χ3n) is 6.78. The summed E-state index contributed by atoms with van der Waals surface area (Å²) in [5.41, 5.74) is 1.99. The number of aromatic hydroxyl groups is 1. The number of carbonyl (C=O) groups excluding carboxylic acids is 2. The summed E-state index contributed by atoms with van der Waals surface area (Å²) < 4.78 is 56.6. The highest BCUT2D eigenvalue weighted by Gasteiger charge is 2.29. The number of nitrogens with one attached hydrogen (secondary N) is 1. The molecule has 1 heterocycles. The van der Waals surface area contributed by atoms with E-state index in [1.54, 1.807) is 37.4 Å². The topological polar surface area (TPSA) is 138 Å². The Bertz CT molecular complexity index is 1640. The first-order valence-electron chi connectivity index (χ1n) is 13.9. The Labute approximate surface area is 256 Å². The number of methoxy groups -OCH3 is 1. The summed E-state index contributed by atoms with van der Waals surface area (Å²) >= 11 is 0. The van der Waals surface area contributed by atoms with Crippen molar-refractivity contribution in [3.8, 4) is 23.0 Å². The zero-order valence-electron chi connectivity index (χ0n) is 24.8. The smallest absolute Gasteiger partial charge is 0.389 e. The summed E-state index contributed by atoms with van der Waals surface area (Å²) in [4.78, 5) is 24.8. The number of amides is 1. The molecule has 4 rings (SSSR count). The molecule has 0 aliphatic heterocycles. The minimum absolute atomic E-state index is 0.0191. The number of phenols is 1. The number of ketones is 1. The third-order valence-corrected chi connectivity index (χ3v) is 6.78. The second-order valence-corrected chi connectivity index (χ2v) is 10.1. The number of ether oxygens (including phenoxy) is 3. The van der Waals surface area contributed by atoms with Crippen LogP contribution >= 0.6 is 0 Å². The summed E-state index contributed by atoms with van der Waals surface area (Å²) in [5.74, 6) is -0.244. The van der Waals surface area contributed by atoms with Gasteiger partial charge in [0.05, 0.1) is 32.4 Å². The van der Waals surface area contributed by atoms with Gasteiger partial charge in [0.25, 0.3) is 5.91 Å². The average molecular weight is 628 g/mol. The molecule has 3 aromatic carbocycles. The van der Waals surface area contributed by atoms with Gasteiger partial charge in [0.1, 0.15) is 23.0 Å². The molecule has 0 saturated carbocycles. The maximum absolute atomic E-state index is 13.0. The fourth-order valence-corrected chi connectivity index (χ4v) is 4.36. The van der Waals surface area contributed by atoms with Crippen molar-refractivity contribution < 1.29 is 42.1 Å². The molecule has 1 amide bonds. The number of alkyl halides is 3. The van der Waals surface area contributed by atoms with Gasteiger partial charge in [0.2, 0.25) is 5.82 Å². The van der Waals surface area contributed by atoms with Crippen molar-refractivity contribution >= 4 is 17.4 Å². The van der Waals surface area contributed by atoms with Gasteiger partial charge in [-0.15, -0.1) is 5.10 Å². The number of rotatable bonds is 14. The molecule has 0 spiro atoms. The normalized spacial score (nSPS) is 11.2. The number of carbonyl (C=O) groups is 2. The van der Waals surface area contributed by atoms with Crippen molar-refractivity contribution in [2.45, 2.75) is 45.8 Å². The lowest BCUT2D eigenvalue weighted by atomic mass is 10.0. The van der Waals surface area contributed by atoms with E-state index in [2.05, 4.69) is 20.8 Å². The molecule has 0 bridgehead atoms. The minimum Gasteiger partial charge on any atom is -0.507 e. The Morgan fingerprint density at radius 1 is 1.00 bits per heavy atom.